The van der Waals surface area contributed by atoms with E-state index in [0.717, 1.165) is 0 Å². The number of aliphatic hydroxyl groups is 8. The molecule has 0 aromatic carbocycles. The molecular weight excluding hydrogens is 562 g/mol. The molecule has 1 saturated carbocycles. The van der Waals surface area contributed by atoms with Crippen molar-refractivity contribution >= 4 is 0 Å². The Labute approximate surface area is 245 Å². The predicted molar refractivity (Wildman–Crippen MR) is 146 cm³/mol. The SMILES string of the molecule is CN[C@@H]1[C@@H](O)[C@@H](O[C@H]2[C@H](NC(CO)CO)C[C@H](N)C(O[C@H]3O[C@H](CNCCCN)[C@@H](O)[C@H](O)[C@H]3O)[C@@H]2O)OC[C@]1(C)O. The fraction of sp³-hybridized carbons (Fsp3) is 1.00. The van der Waals surface area contributed by atoms with E-state index in [1.807, 2.05) is 0 Å². The van der Waals surface area contributed by atoms with E-state index in [1.54, 1.807) is 7.05 Å². The normalized spacial score (nSPS) is 44.9. The van der Waals surface area contributed by atoms with E-state index in [0.29, 0.717) is 19.5 Å². The van der Waals surface area contributed by atoms with Gasteiger partial charge in [0.25, 0.3) is 0 Å². The van der Waals surface area contributed by atoms with Crippen LogP contribution in [0.5, 0.6) is 0 Å². The number of rotatable bonds is 14. The second-order valence-corrected chi connectivity index (χ2v) is 11.6. The van der Waals surface area contributed by atoms with E-state index in [9.17, 15) is 40.9 Å². The van der Waals surface area contributed by atoms with Gasteiger partial charge < -0.3 is 87.2 Å². The zero-order chi connectivity index (χ0) is 31.2. The molecular formula is C25H51N5O12. The maximum Gasteiger partial charge on any atom is 0.187 e. The van der Waals surface area contributed by atoms with Gasteiger partial charge in [-0.2, -0.15) is 0 Å². The van der Waals surface area contributed by atoms with Gasteiger partial charge in [-0.15, -0.1) is 0 Å². The summed E-state index contributed by atoms with van der Waals surface area (Å²) in [5, 5.41) is 92.7. The van der Waals surface area contributed by atoms with Crippen LogP contribution in [0.1, 0.15) is 19.8 Å². The Morgan fingerprint density at radius 1 is 0.952 bits per heavy atom. The Morgan fingerprint density at radius 3 is 2.24 bits per heavy atom. The van der Waals surface area contributed by atoms with Gasteiger partial charge in [0.1, 0.15) is 54.4 Å². The van der Waals surface area contributed by atoms with Crippen LogP contribution in [0, 0.1) is 0 Å². The van der Waals surface area contributed by atoms with Gasteiger partial charge in [-0.25, -0.2) is 0 Å². The first-order chi connectivity index (χ1) is 19.9. The molecule has 2 aliphatic heterocycles. The fourth-order valence-electron chi connectivity index (χ4n) is 5.77. The Morgan fingerprint density at radius 2 is 1.62 bits per heavy atom. The zero-order valence-electron chi connectivity index (χ0n) is 24.1. The van der Waals surface area contributed by atoms with Crippen molar-refractivity contribution in [2.24, 2.45) is 11.5 Å². The minimum absolute atomic E-state index is 0.0803. The highest BCUT2D eigenvalue weighted by molar-refractivity contribution is 5.03. The molecule has 248 valence electrons. The Balaban J connectivity index is 1.79. The highest BCUT2D eigenvalue weighted by Gasteiger charge is 2.53. The van der Waals surface area contributed by atoms with Crippen molar-refractivity contribution in [2.45, 2.75) is 111 Å². The first kappa shape index (κ1) is 35.8. The molecule has 0 aromatic heterocycles. The number of nitrogens with one attached hydrogen (secondary N) is 3. The first-order valence-electron chi connectivity index (χ1n) is 14.4. The average Bonchev–Trinajstić information content (AvgIpc) is 2.95. The van der Waals surface area contributed by atoms with Crippen LogP contribution < -0.4 is 27.4 Å². The van der Waals surface area contributed by atoms with Crippen molar-refractivity contribution in [1.29, 1.82) is 0 Å². The fourth-order valence-corrected chi connectivity index (χ4v) is 5.77. The molecule has 3 rings (SSSR count). The van der Waals surface area contributed by atoms with Crippen LogP contribution in [0.3, 0.4) is 0 Å². The van der Waals surface area contributed by atoms with E-state index < -0.39 is 104 Å². The monoisotopic (exact) mass is 613 g/mol. The topological polar surface area (TPSA) is 287 Å². The third kappa shape index (κ3) is 8.32. The minimum atomic E-state index is -1.68. The standard InChI is InChI=1S/C25H51N5O12/c1-25(38)10-39-23(19(37)22(25)28-2)42-21-13(30-11(8-31)9-32)6-12(27)20(18(21)36)41-24-17(35)16(34)15(33)14(40-24)7-29-5-3-4-26/h11-24,28-38H,3-10,26-27H2,1-2H3/t12-,13+,14+,15+,16-,17+,18-,19+,20?,21-,22+,23+,24+,25-/m0/s1. The molecule has 2 heterocycles. The Hall–Kier alpha value is -0.680. The first-order valence-corrected chi connectivity index (χ1v) is 14.4. The third-order valence-corrected chi connectivity index (χ3v) is 8.20. The number of hydrogen-bond donors (Lipinski definition) is 13. The minimum Gasteiger partial charge on any atom is -0.395 e. The smallest absolute Gasteiger partial charge is 0.187 e. The second-order valence-electron chi connectivity index (χ2n) is 11.6. The van der Waals surface area contributed by atoms with Crippen LogP contribution in [-0.2, 0) is 18.9 Å². The Bertz CT molecular complexity index is 801. The summed E-state index contributed by atoms with van der Waals surface area (Å²) in [6, 6.07) is -3.28. The van der Waals surface area contributed by atoms with Crippen LogP contribution in [0.4, 0.5) is 0 Å². The summed E-state index contributed by atoms with van der Waals surface area (Å²) in [6.45, 7) is 1.56. The van der Waals surface area contributed by atoms with E-state index in [2.05, 4.69) is 16.0 Å². The van der Waals surface area contributed by atoms with Gasteiger partial charge in [0.15, 0.2) is 12.6 Å². The second kappa shape index (κ2) is 16.1. The van der Waals surface area contributed by atoms with Crippen molar-refractivity contribution in [3.05, 3.63) is 0 Å². The molecule has 14 atom stereocenters. The summed E-state index contributed by atoms with van der Waals surface area (Å²) in [6.07, 6.45) is -13.0. The molecule has 3 aliphatic rings. The summed E-state index contributed by atoms with van der Waals surface area (Å²) >= 11 is 0. The molecule has 0 spiro atoms. The van der Waals surface area contributed by atoms with Gasteiger partial charge in [-0.05, 0) is 39.9 Å². The number of hydrogen-bond acceptors (Lipinski definition) is 17. The van der Waals surface area contributed by atoms with E-state index >= 15 is 0 Å². The molecule has 3 fully saturated rings. The van der Waals surface area contributed by atoms with E-state index in [1.165, 1.54) is 6.92 Å². The third-order valence-electron chi connectivity index (χ3n) is 8.20. The zero-order valence-corrected chi connectivity index (χ0v) is 24.1. The predicted octanol–water partition coefficient (Wildman–Crippen LogP) is -7.04. The van der Waals surface area contributed by atoms with Crippen molar-refractivity contribution in [1.82, 2.24) is 16.0 Å². The highest BCUT2D eigenvalue weighted by Crippen LogP contribution is 2.32. The number of likely N-dealkylation sites (N-methyl/N-ethyl adjacent to an activating group) is 1. The van der Waals surface area contributed by atoms with Crippen molar-refractivity contribution in [2.75, 3.05) is 46.5 Å². The largest absolute Gasteiger partial charge is 0.395 e. The summed E-state index contributed by atoms with van der Waals surface area (Å²) in [4.78, 5) is 0. The summed E-state index contributed by atoms with van der Waals surface area (Å²) < 4.78 is 23.4. The highest BCUT2D eigenvalue weighted by atomic mass is 16.7. The van der Waals surface area contributed by atoms with Crippen molar-refractivity contribution in [3.63, 3.8) is 0 Å². The van der Waals surface area contributed by atoms with Gasteiger partial charge in [0, 0.05) is 18.6 Å². The molecule has 2 saturated heterocycles. The van der Waals surface area contributed by atoms with Crippen LogP contribution in [0.25, 0.3) is 0 Å². The van der Waals surface area contributed by atoms with Crippen molar-refractivity contribution in [3.8, 4) is 0 Å². The molecule has 0 aromatic rings. The lowest BCUT2D eigenvalue weighted by Gasteiger charge is -2.50. The van der Waals surface area contributed by atoms with E-state index in [4.69, 9.17) is 30.4 Å². The molecule has 1 unspecified atom stereocenters. The lowest BCUT2D eigenvalue weighted by Crippen LogP contribution is -2.70. The maximum atomic E-state index is 11.5. The molecule has 15 N–H and O–H groups in total. The van der Waals surface area contributed by atoms with Gasteiger partial charge in [0.05, 0.1) is 31.9 Å². The van der Waals surface area contributed by atoms with Crippen LogP contribution >= 0.6 is 0 Å². The van der Waals surface area contributed by atoms with Crippen LogP contribution in [0.2, 0.25) is 0 Å². The van der Waals surface area contributed by atoms with Gasteiger partial charge in [-0.3, -0.25) is 0 Å². The summed E-state index contributed by atoms with van der Waals surface area (Å²) in [5.41, 5.74) is 10.5. The molecule has 17 nitrogen and oxygen atoms in total. The molecule has 0 bridgehead atoms. The molecule has 0 amide bonds. The van der Waals surface area contributed by atoms with Gasteiger partial charge >= 0.3 is 0 Å². The molecule has 42 heavy (non-hydrogen) atoms. The number of aliphatic hydroxyl groups excluding tert-OH is 7. The maximum absolute atomic E-state index is 11.5. The summed E-state index contributed by atoms with van der Waals surface area (Å²) in [7, 11) is 1.56. The van der Waals surface area contributed by atoms with Gasteiger partial charge in [0.2, 0.25) is 0 Å². The Kier molecular flexibility index (Phi) is 13.7. The molecule has 1 aliphatic carbocycles. The molecule has 0 radical (unpaired) electrons. The number of ether oxygens (including phenoxy) is 4. The average molecular weight is 614 g/mol. The van der Waals surface area contributed by atoms with Crippen LogP contribution in [-0.4, -0.2) is 179 Å². The van der Waals surface area contributed by atoms with Gasteiger partial charge in [-0.1, -0.05) is 0 Å². The quantitative estimate of drug-likeness (QED) is 0.0810. The summed E-state index contributed by atoms with van der Waals surface area (Å²) in [5.74, 6) is 0. The lowest BCUT2D eigenvalue weighted by molar-refractivity contribution is -0.331. The number of nitrogens with two attached hydrogens (primary N) is 2. The van der Waals surface area contributed by atoms with Crippen molar-refractivity contribution < 1.29 is 59.8 Å². The lowest BCUT2D eigenvalue weighted by atomic mass is 9.83. The van der Waals surface area contributed by atoms with Crippen LogP contribution in [0.15, 0.2) is 0 Å². The van der Waals surface area contributed by atoms with E-state index in [-0.39, 0.29) is 19.6 Å². The molecule has 17 heteroatoms.